The summed E-state index contributed by atoms with van der Waals surface area (Å²) in [7, 11) is 0. The number of benzene rings is 1. The molecule has 138 valence electrons. The number of nitrogens with zero attached hydrogens (tertiary/aromatic N) is 3. The second kappa shape index (κ2) is 6.67. The fraction of sp³-hybridized carbons (Fsp3) is 0.600. The first-order chi connectivity index (χ1) is 12.7. The molecule has 0 spiro atoms. The number of anilines is 2. The minimum Gasteiger partial charge on any atom is -0.380 e. The van der Waals surface area contributed by atoms with Crippen molar-refractivity contribution in [2.75, 3.05) is 23.3 Å². The van der Waals surface area contributed by atoms with Gasteiger partial charge in [-0.3, -0.25) is 9.97 Å². The van der Waals surface area contributed by atoms with E-state index < -0.39 is 0 Å². The van der Waals surface area contributed by atoms with Crippen molar-refractivity contribution in [3.63, 3.8) is 0 Å². The molecule has 0 amide bonds. The number of ether oxygens (including phenoxy) is 1. The number of nitrogens with one attached hydrogen (secondary N) is 1. The molecule has 1 aromatic carbocycles. The van der Waals surface area contributed by atoms with Crippen molar-refractivity contribution in [1.29, 1.82) is 0 Å². The summed E-state index contributed by atoms with van der Waals surface area (Å²) < 4.78 is 6.00. The van der Waals surface area contributed by atoms with Gasteiger partial charge in [-0.1, -0.05) is 0 Å². The number of nitrogens with two attached hydrogens (primary N) is 1. The van der Waals surface area contributed by atoms with Crippen molar-refractivity contribution in [2.45, 2.75) is 62.8 Å². The third-order valence-corrected chi connectivity index (χ3v) is 6.10. The van der Waals surface area contributed by atoms with Crippen molar-refractivity contribution in [1.82, 2.24) is 9.97 Å². The predicted octanol–water partition coefficient (Wildman–Crippen LogP) is 2.68. The average molecular weight is 353 g/mol. The summed E-state index contributed by atoms with van der Waals surface area (Å²) in [5.41, 5.74) is 10.3. The molecule has 2 atom stereocenters. The fourth-order valence-electron chi connectivity index (χ4n) is 4.66. The van der Waals surface area contributed by atoms with Crippen LogP contribution >= 0.6 is 0 Å². The van der Waals surface area contributed by atoms with E-state index >= 15 is 0 Å². The first kappa shape index (κ1) is 16.3. The zero-order valence-electron chi connectivity index (χ0n) is 15.1. The third kappa shape index (κ3) is 3.12. The SMILES string of the molecule is N[C@H]1CC[C@@H](Nc2cc(N3C[C@H]4CC[C@@H](C3)O4)cc3nccnc23)CC1. The molecule has 3 N–H and O–H groups in total. The largest absolute Gasteiger partial charge is 0.380 e. The van der Waals surface area contributed by atoms with Crippen LogP contribution in [0.25, 0.3) is 11.0 Å². The summed E-state index contributed by atoms with van der Waals surface area (Å²) >= 11 is 0. The van der Waals surface area contributed by atoms with E-state index in [0.717, 1.165) is 55.5 Å². The lowest BCUT2D eigenvalue weighted by Crippen LogP contribution is -2.42. The standard InChI is InChI=1S/C20H27N5O/c21-13-1-3-14(4-2-13)24-19-10-15(9-18-20(19)23-8-7-22-18)25-11-16-5-6-17(12-25)26-16/h7-10,13-14,16-17,24H,1-6,11-12,21H2/t13-,14+,16-,17+. The Hall–Kier alpha value is -1.92. The molecular weight excluding hydrogens is 326 g/mol. The van der Waals surface area contributed by atoms with Gasteiger partial charge in [-0.05, 0) is 50.7 Å². The van der Waals surface area contributed by atoms with Crippen LogP contribution in [0.15, 0.2) is 24.5 Å². The van der Waals surface area contributed by atoms with E-state index in [4.69, 9.17) is 10.5 Å². The molecular formula is C20H27N5O. The monoisotopic (exact) mass is 353 g/mol. The Morgan fingerprint density at radius 1 is 0.962 bits per heavy atom. The van der Waals surface area contributed by atoms with Crippen molar-refractivity contribution in [3.8, 4) is 0 Å². The maximum atomic E-state index is 6.07. The summed E-state index contributed by atoms with van der Waals surface area (Å²) in [5, 5.41) is 3.75. The van der Waals surface area contributed by atoms with Gasteiger partial charge < -0.3 is 20.7 Å². The lowest BCUT2D eigenvalue weighted by Gasteiger charge is -2.34. The van der Waals surface area contributed by atoms with E-state index in [9.17, 15) is 0 Å². The summed E-state index contributed by atoms with van der Waals surface area (Å²) in [6.45, 7) is 1.94. The number of rotatable bonds is 3. The van der Waals surface area contributed by atoms with Crippen LogP contribution in [0.5, 0.6) is 0 Å². The highest BCUT2D eigenvalue weighted by atomic mass is 16.5. The van der Waals surface area contributed by atoms with Crippen LogP contribution in [0, 0.1) is 0 Å². The maximum absolute atomic E-state index is 6.07. The lowest BCUT2D eigenvalue weighted by atomic mass is 9.91. The molecule has 0 unspecified atom stereocenters. The van der Waals surface area contributed by atoms with Gasteiger partial charge in [0.15, 0.2) is 0 Å². The fourth-order valence-corrected chi connectivity index (χ4v) is 4.66. The van der Waals surface area contributed by atoms with Crippen molar-refractivity contribution in [2.24, 2.45) is 5.73 Å². The van der Waals surface area contributed by atoms with E-state index in [0.29, 0.717) is 24.3 Å². The van der Waals surface area contributed by atoms with Crippen LogP contribution < -0.4 is 16.0 Å². The Bertz CT molecular complexity index is 777. The topological polar surface area (TPSA) is 76.3 Å². The normalized spacial score (nSPS) is 31.3. The number of hydrogen-bond acceptors (Lipinski definition) is 6. The molecule has 3 fully saturated rings. The van der Waals surface area contributed by atoms with Crippen molar-refractivity contribution in [3.05, 3.63) is 24.5 Å². The van der Waals surface area contributed by atoms with Crippen LogP contribution in [-0.2, 0) is 4.74 Å². The first-order valence-corrected chi connectivity index (χ1v) is 9.92. The van der Waals surface area contributed by atoms with Gasteiger partial charge in [-0.2, -0.15) is 0 Å². The van der Waals surface area contributed by atoms with Crippen LogP contribution in [0.2, 0.25) is 0 Å². The summed E-state index contributed by atoms with van der Waals surface area (Å²) in [5.74, 6) is 0. The molecule has 3 heterocycles. The van der Waals surface area contributed by atoms with Crippen LogP contribution in [-0.4, -0.2) is 47.3 Å². The van der Waals surface area contributed by atoms with Gasteiger partial charge in [-0.25, -0.2) is 0 Å². The minimum atomic E-state index is 0.361. The number of hydrogen-bond donors (Lipinski definition) is 2. The zero-order valence-corrected chi connectivity index (χ0v) is 15.1. The van der Waals surface area contributed by atoms with E-state index in [1.807, 2.05) is 0 Å². The zero-order chi connectivity index (χ0) is 17.5. The molecule has 2 saturated heterocycles. The minimum absolute atomic E-state index is 0.361. The third-order valence-electron chi connectivity index (χ3n) is 6.10. The molecule has 6 heteroatoms. The van der Waals surface area contributed by atoms with Crippen molar-refractivity contribution < 1.29 is 4.74 Å². The molecule has 6 nitrogen and oxygen atoms in total. The number of morpholine rings is 1. The average Bonchev–Trinajstić information content (AvgIpc) is 3.01. The molecule has 1 aliphatic carbocycles. The van der Waals surface area contributed by atoms with Gasteiger partial charge >= 0.3 is 0 Å². The van der Waals surface area contributed by atoms with E-state index in [1.54, 1.807) is 12.4 Å². The Balaban J connectivity index is 1.46. The van der Waals surface area contributed by atoms with Gasteiger partial charge in [0.25, 0.3) is 0 Å². The number of aromatic nitrogens is 2. The molecule has 2 aliphatic heterocycles. The Labute approximate surface area is 154 Å². The molecule has 5 rings (SSSR count). The second-order valence-corrected chi connectivity index (χ2v) is 8.04. The van der Waals surface area contributed by atoms with Crippen LogP contribution in [0.1, 0.15) is 38.5 Å². The van der Waals surface area contributed by atoms with Crippen LogP contribution in [0.3, 0.4) is 0 Å². The Morgan fingerprint density at radius 3 is 2.46 bits per heavy atom. The van der Waals surface area contributed by atoms with E-state index in [-0.39, 0.29) is 0 Å². The second-order valence-electron chi connectivity index (χ2n) is 8.04. The van der Waals surface area contributed by atoms with Gasteiger partial charge in [0.2, 0.25) is 0 Å². The summed E-state index contributed by atoms with van der Waals surface area (Å²) in [6.07, 6.45) is 11.1. The first-order valence-electron chi connectivity index (χ1n) is 9.92. The Kier molecular flexibility index (Phi) is 4.17. The molecule has 3 aliphatic rings. The molecule has 2 bridgehead atoms. The smallest absolute Gasteiger partial charge is 0.112 e. The highest BCUT2D eigenvalue weighted by Gasteiger charge is 2.34. The predicted molar refractivity (Wildman–Crippen MR) is 104 cm³/mol. The van der Waals surface area contributed by atoms with Gasteiger partial charge in [0.05, 0.1) is 23.4 Å². The van der Waals surface area contributed by atoms with Gasteiger partial charge in [0, 0.05) is 43.3 Å². The number of fused-ring (bicyclic) bond motifs is 3. The molecule has 2 aromatic rings. The molecule has 1 aromatic heterocycles. The summed E-state index contributed by atoms with van der Waals surface area (Å²) in [4.78, 5) is 11.6. The van der Waals surface area contributed by atoms with Crippen LogP contribution in [0.4, 0.5) is 11.4 Å². The highest BCUT2D eigenvalue weighted by molar-refractivity contribution is 5.91. The van der Waals surface area contributed by atoms with Gasteiger partial charge in [-0.15, -0.1) is 0 Å². The van der Waals surface area contributed by atoms with E-state index in [1.165, 1.54) is 18.5 Å². The highest BCUT2D eigenvalue weighted by Crippen LogP contribution is 2.34. The lowest BCUT2D eigenvalue weighted by molar-refractivity contribution is 0.0305. The molecule has 1 saturated carbocycles. The van der Waals surface area contributed by atoms with E-state index in [2.05, 4.69) is 32.3 Å². The molecule has 26 heavy (non-hydrogen) atoms. The maximum Gasteiger partial charge on any atom is 0.112 e. The Morgan fingerprint density at radius 2 is 1.69 bits per heavy atom. The van der Waals surface area contributed by atoms with Crippen molar-refractivity contribution >= 4 is 22.4 Å². The molecule has 0 radical (unpaired) electrons. The summed E-state index contributed by atoms with van der Waals surface area (Å²) in [6, 6.07) is 5.27. The van der Waals surface area contributed by atoms with Gasteiger partial charge in [0.1, 0.15) is 5.52 Å². The quantitative estimate of drug-likeness (QED) is 0.883.